The first-order valence-corrected chi connectivity index (χ1v) is 4.17. The molecular weight excluding hydrogens is 170 g/mol. The van der Waals surface area contributed by atoms with E-state index in [1.165, 1.54) is 0 Å². The SMILES string of the molecule is NC(N)=NC(N)=NCC(O)C1CC1. The molecule has 6 nitrogen and oxygen atoms in total. The highest BCUT2D eigenvalue weighted by atomic mass is 16.3. The number of aliphatic hydroxyl groups is 1. The molecule has 1 rings (SSSR count). The molecule has 0 heterocycles. The summed E-state index contributed by atoms with van der Waals surface area (Å²) in [6.45, 7) is 0.271. The molecule has 0 radical (unpaired) electrons. The highest BCUT2D eigenvalue weighted by Crippen LogP contribution is 2.32. The largest absolute Gasteiger partial charge is 0.391 e. The van der Waals surface area contributed by atoms with Crippen molar-refractivity contribution in [2.24, 2.45) is 33.1 Å². The van der Waals surface area contributed by atoms with Gasteiger partial charge in [-0.2, -0.15) is 4.99 Å². The van der Waals surface area contributed by atoms with Gasteiger partial charge in [-0.3, -0.25) is 0 Å². The molecule has 0 spiro atoms. The van der Waals surface area contributed by atoms with E-state index in [-0.39, 0.29) is 18.5 Å². The number of aliphatic imine (C=N–C) groups is 2. The maximum absolute atomic E-state index is 9.40. The van der Waals surface area contributed by atoms with Crippen LogP contribution in [0, 0.1) is 5.92 Å². The lowest BCUT2D eigenvalue weighted by molar-refractivity contribution is 0.160. The summed E-state index contributed by atoms with van der Waals surface area (Å²) < 4.78 is 0. The van der Waals surface area contributed by atoms with Gasteiger partial charge in [0.2, 0.25) is 5.96 Å². The molecule has 1 aliphatic rings. The van der Waals surface area contributed by atoms with E-state index in [0.29, 0.717) is 5.92 Å². The average Bonchev–Trinajstić information content (AvgIpc) is 2.80. The Balaban J connectivity index is 2.32. The number of nitrogens with zero attached hydrogens (tertiary/aromatic N) is 2. The van der Waals surface area contributed by atoms with Crippen molar-refractivity contribution in [3.8, 4) is 0 Å². The zero-order valence-corrected chi connectivity index (χ0v) is 7.35. The third kappa shape index (κ3) is 3.75. The van der Waals surface area contributed by atoms with E-state index >= 15 is 0 Å². The summed E-state index contributed by atoms with van der Waals surface area (Å²) in [6.07, 6.45) is 1.73. The lowest BCUT2D eigenvalue weighted by atomic mass is 10.2. The summed E-state index contributed by atoms with van der Waals surface area (Å²) in [6, 6.07) is 0. The summed E-state index contributed by atoms with van der Waals surface area (Å²) in [5, 5.41) is 9.40. The minimum absolute atomic E-state index is 0.0136. The van der Waals surface area contributed by atoms with E-state index in [2.05, 4.69) is 9.98 Å². The van der Waals surface area contributed by atoms with Crippen LogP contribution < -0.4 is 17.2 Å². The highest BCUT2D eigenvalue weighted by molar-refractivity contribution is 5.92. The van der Waals surface area contributed by atoms with Crippen molar-refractivity contribution in [1.29, 1.82) is 0 Å². The predicted octanol–water partition coefficient (Wildman–Crippen LogP) is -1.65. The van der Waals surface area contributed by atoms with Gasteiger partial charge in [0.15, 0.2) is 5.96 Å². The molecule has 13 heavy (non-hydrogen) atoms. The molecule has 1 unspecified atom stereocenters. The minimum Gasteiger partial charge on any atom is -0.391 e. The fraction of sp³-hybridized carbons (Fsp3) is 0.714. The summed E-state index contributed by atoms with van der Waals surface area (Å²) in [7, 11) is 0. The first kappa shape index (κ1) is 9.79. The summed E-state index contributed by atoms with van der Waals surface area (Å²) in [4.78, 5) is 7.34. The Labute approximate surface area is 76.5 Å². The van der Waals surface area contributed by atoms with E-state index in [4.69, 9.17) is 17.2 Å². The molecular formula is C7H15N5O. The first-order valence-electron chi connectivity index (χ1n) is 4.17. The van der Waals surface area contributed by atoms with Crippen molar-refractivity contribution in [1.82, 2.24) is 0 Å². The van der Waals surface area contributed by atoms with Gasteiger partial charge in [0.25, 0.3) is 0 Å². The molecule has 0 aromatic carbocycles. The van der Waals surface area contributed by atoms with Crippen LogP contribution in [0.3, 0.4) is 0 Å². The molecule has 0 aromatic heterocycles. The van der Waals surface area contributed by atoms with Crippen LogP contribution in [0.2, 0.25) is 0 Å². The molecule has 0 saturated heterocycles. The van der Waals surface area contributed by atoms with Crippen molar-refractivity contribution in [2.75, 3.05) is 6.54 Å². The monoisotopic (exact) mass is 185 g/mol. The molecule has 0 aliphatic heterocycles. The first-order chi connectivity index (χ1) is 6.09. The summed E-state index contributed by atoms with van der Waals surface area (Å²) in [5.74, 6) is 0.276. The number of nitrogens with two attached hydrogens (primary N) is 3. The smallest absolute Gasteiger partial charge is 0.218 e. The van der Waals surface area contributed by atoms with E-state index in [0.717, 1.165) is 12.8 Å². The third-order valence-electron chi connectivity index (χ3n) is 1.85. The van der Waals surface area contributed by atoms with Crippen LogP contribution in [-0.2, 0) is 0 Å². The van der Waals surface area contributed by atoms with Crippen molar-refractivity contribution in [3.05, 3.63) is 0 Å². The van der Waals surface area contributed by atoms with Crippen molar-refractivity contribution >= 4 is 11.9 Å². The Hall–Kier alpha value is -1.30. The van der Waals surface area contributed by atoms with Gasteiger partial charge < -0.3 is 22.3 Å². The van der Waals surface area contributed by atoms with Crippen LogP contribution in [0.15, 0.2) is 9.98 Å². The van der Waals surface area contributed by atoms with Crippen LogP contribution in [-0.4, -0.2) is 29.7 Å². The van der Waals surface area contributed by atoms with E-state index in [9.17, 15) is 5.11 Å². The summed E-state index contributed by atoms with van der Waals surface area (Å²) in [5.41, 5.74) is 15.5. The molecule has 1 saturated carbocycles. The standard InChI is InChI=1S/C7H15N5O/c8-6(9)12-7(10)11-3-5(13)4-1-2-4/h4-5,13H,1-3H2,(H6,8,9,10,11,12). The zero-order valence-electron chi connectivity index (χ0n) is 7.35. The second-order valence-corrected chi connectivity index (χ2v) is 3.14. The van der Waals surface area contributed by atoms with Crippen molar-refractivity contribution < 1.29 is 5.11 Å². The maximum atomic E-state index is 9.40. The summed E-state index contributed by atoms with van der Waals surface area (Å²) >= 11 is 0. The van der Waals surface area contributed by atoms with Crippen molar-refractivity contribution in [2.45, 2.75) is 18.9 Å². The Morgan fingerprint density at radius 1 is 1.38 bits per heavy atom. The number of aliphatic hydroxyl groups excluding tert-OH is 1. The van der Waals surface area contributed by atoms with Gasteiger partial charge in [0.05, 0.1) is 12.6 Å². The lowest BCUT2D eigenvalue weighted by Gasteiger charge is -2.04. The van der Waals surface area contributed by atoms with Crippen molar-refractivity contribution in [3.63, 3.8) is 0 Å². The highest BCUT2D eigenvalue weighted by Gasteiger charge is 2.29. The fourth-order valence-electron chi connectivity index (χ4n) is 0.985. The normalized spacial score (nSPS) is 19.6. The number of rotatable bonds is 3. The second kappa shape index (κ2) is 4.08. The van der Waals surface area contributed by atoms with Crippen LogP contribution in [0.4, 0.5) is 0 Å². The molecule has 7 N–H and O–H groups in total. The zero-order chi connectivity index (χ0) is 9.84. The quantitative estimate of drug-likeness (QED) is 0.310. The van der Waals surface area contributed by atoms with Crippen LogP contribution in [0.25, 0.3) is 0 Å². The van der Waals surface area contributed by atoms with Gasteiger partial charge >= 0.3 is 0 Å². The molecule has 0 aromatic rings. The van der Waals surface area contributed by atoms with Crippen LogP contribution >= 0.6 is 0 Å². The molecule has 74 valence electrons. The number of hydrogen-bond acceptors (Lipinski definition) is 2. The topological polar surface area (TPSA) is 123 Å². The molecule has 0 bridgehead atoms. The fourth-order valence-corrected chi connectivity index (χ4v) is 0.985. The Morgan fingerprint density at radius 3 is 2.46 bits per heavy atom. The Kier molecular flexibility index (Phi) is 3.07. The van der Waals surface area contributed by atoms with Gasteiger partial charge in [-0.15, -0.1) is 0 Å². The Bertz CT molecular complexity index is 229. The number of guanidine groups is 2. The van der Waals surface area contributed by atoms with Gasteiger partial charge in [-0.1, -0.05) is 0 Å². The van der Waals surface area contributed by atoms with E-state index < -0.39 is 6.10 Å². The second-order valence-electron chi connectivity index (χ2n) is 3.14. The maximum Gasteiger partial charge on any atom is 0.218 e. The molecule has 0 amide bonds. The van der Waals surface area contributed by atoms with Gasteiger partial charge in [-0.25, -0.2) is 4.99 Å². The molecule has 1 fully saturated rings. The van der Waals surface area contributed by atoms with Crippen LogP contribution in [0.5, 0.6) is 0 Å². The van der Waals surface area contributed by atoms with Crippen LogP contribution in [0.1, 0.15) is 12.8 Å². The number of hydrogen-bond donors (Lipinski definition) is 4. The Morgan fingerprint density at radius 2 is 2.00 bits per heavy atom. The minimum atomic E-state index is -0.409. The van der Waals surface area contributed by atoms with Gasteiger partial charge in [-0.05, 0) is 18.8 Å². The molecule has 1 atom stereocenters. The molecule has 1 aliphatic carbocycles. The van der Waals surface area contributed by atoms with E-state index in [1.54, 1.807) is 0 Å². The van der Waals surface area contributed by atoms with Gasteiger partial charge in [0.1, 0.15) is 0 Å². The average molecular weight is 185 g/mol. The predicted molar refractivity (Wildman–Crippen MR) is 51.0 cm³/mol. The lowest BCUT2D eigenvalue weighted by Crippen LogP contribution is -2.27. The van der Waals surface area contributed by atoms with Gasteiger partial charge in [0, 0.05) is 0 Å². The third-order valence-corrected chi connectivity index (χ3v) is 1.85. The molecule has 6 heteroatoms. The van der Waals surface area contributed by atoms with E-state index in [1.807, 2.05) is 0 Å².